The monoisotopic (exact) mass is 299 g/mol. The van der Waals surface area contributed by atoms with E-state index in [1.807, 2.05) is 31.3 Å². The van der Waals surface area contributed by atoms with Gasteiger partial charge in [-0.2, -0.15) is 0 Å². The van der Waals surface area contributed by atoms with Crippen LogP contribution in [0.15, 0.2) is 36.7 Å². The molecular weight excluding hydrogens is 286 g/mol. The molecular formula is C15H13N3O2S. The first-order chi connectivity index (χ1) is 10.1. The Morgan fingerprint density at radius 3 is 2.67 bits per heavy atom. The van der Waals surface area contributed by atoms with Gasteiger partial charge in [0.2, 0.25) is 0 Å². The average Bonchev–Trinajstić information content (AvgIpc) is 2.90. The molecule has 21 heavy (non-hydrogen) atoms. The molecule has 3 aromatic rings. The van der Waals surface area contributed by atoms with Gasteiger partial charge in [0, 0.05) is 28.0 Å². The van der Waals surface area contributed by atoms with Crippen molar-refractivity contribution < 1.29 is 9.90 Å². The lowest BCUT2D eigenvalue weighted by Gasteiger charge is -2.09. The van der Waals surface area contributed by atoms with Gasteiger partial charge in [-0.1, -0.05) is 24.3 Å². The number of aromatic nitrogens is 2. The number of hydrogen-bond donors (Lipinski definition) is 2. The van der Waals surface area contributed by atoms with E-state index in [2.05, 4.69) is 15.3 Å². The molecule has 0 saturated heterocycles. The number of carboxylic acid groups (broad SMARTS) is 1. The van der Waals surface area contributed by atoms with E-state index in [1.54, 1.807) is 17.4 Å². The van der Waals surface area contributed by atoms with Crippen molar-refractivity contribution in [2.24, 2.45) is 0 Å². The Morgan fingerprint density at radius 2 is 2.00 bits per heavy atom. The number of carboxylic acids is 1. The molecule has 1 aromatic carbocycles. The number of rotatable bonds is 4. The number of anilines is 1. The first kappa shape index (κ1) is 13.5. The van der Waals surface area contributed by atoms with E-state index in [4.69, 9.17) is 0 Å². The topological polar surface area (TPSA) is 75.1 Å². The summed E-state index contributed by atoms with van der Waals surface area (Å²) in [6.07, 6.45) is 3.22. The molecule has 0 saturated carbocycles. The second-order valence-electron chi connectivity index (χ2n) is 4.59. The van der Waals surface area contributed by atoms with Crippen molar-refractivity contribution in [3.8, 4) is 0 Å². The van der Waals surface area contributed by atoms with Crippen LogP contribution in [0, 0.1) is 6.92 Å². The molecule has 0 aliphatic heterocycles. The second kappa shape index (κ2) is 5.49. The van der Waals surface area contributed by atoms with Gasteiger partial charge in [-0.3, -0.25) is 0 Å². The minimum absolute atomic E-state index is 0.209. The quantitative estimate of drug-likeness (QED) is 0.773. The molecule has 0 spiro atoms. The van der Waals surface area contributed by atoms with E-state index in [9.17, 15) is 9.90 Å². The van der Waals surface area contributed by atoms with Crippen molar-refractivity contribution in [1.82, 2.24) is 9.97 Å². The number of nitrogens with one attached hydrogen (secondary N) is 1. The number of carbonyl (C=O) groups is 1. The maximum absolute atomic E-state index is 11.2. The maximum Gasteiger partial charge on any atom is 0.337 e. The molecule has 106 valence electrons. The predicted molar refractivity (Wildman–Crippen MR) is 82.9 cm³/mol. The Balaban J connectivity index is 1.96. The number of benzene rings is 1. The fraction of sp³-hybridized carbons (Fsp3) is 0.133. The third-order valence-corrected chi connectivity index (χ3v) is 4.01. The minimum atomic E-state index is -0.971. The van der Waals surface area contributed by atoms with Gasteiger partial charge in [0.15, 0.2) is 0 Å². The summed E-state index contributed by atoms with van der Waals surface area (Å²) < 4.78 is 0. The zero-order valence-electron chi connectivity index (χ0n) is 11.3. The fourth-order valence-corrected chi connectivity index (χ4v) is 2.87. The molecule has 5 nitrogen and oxygen atoms in total. The van der Waals surface area contributed by atoms with Crippen molar-refractivity contribution in [2.75, 3.05) is 5.32 Å². The summed E-state index contributed by atoms with van der Waals surface area (Å²) >= 11 is 1.62. The fourth-order valence-electron chi connectivity index (χ4n) is 2.15. The number of aryl methyl sites for hydroxylation is 1. The number of hydrogen-bond acceptors (Lipinski definition) is 5. The second-order valence-corrected chi connectivity index (χ2v) is 5.91. The van der Waals surface area contributed by atoms with Crippen LogP contribution in [0.3, 0.4) is 0 Å². The van der Waals surface area contributed by atoms with Crippen molar-refractivity contribution in [1.29, 1.82) is 0 Å². The summed E-state index contributed by atoms with van der Waals surface area (Å²) in [7, 11) is 0. The highest BCUT2D eigenvalue weighted by Crippen LogP contribution is 2.25. The molecule has 2 aromatic heterocycles. The van der Waals surface area contributed by atoms with Crippen LogP contribution in [0.1, 0.15) is 20.2 Å². The maximum atomic E-state index is 11.2. The van der Waals surface area contributed by atoms with Crippen LogP contribution in [-0.4, -0.2) is 21.0 Å². The molecule has 6 heteroatoms. The van der Waals surface area contributed by atoms with Crippen molar-refractivity contribution in [2.45, 2.75) is 13.5 Å². The SMILES string of the molecule is Cc1cnc(CNc2ncc(C(=O)O)c3ccccc23)s1. The van der Waals surface area contributed by atoms with Crippen molar-refractivity contribution in [3.05, 3.63) is 52.1 Å². The number of aromatic carboxylic acids is 1. The zero-order valence-corrected chi connectivity index (χ0v) is 12.1. The van der Waals surface area contributed by atoms with E-state index in [1.165, 1.54) is 6.20 Å². The Bertz CT molecular complexity index is 814. The molecule has 0 radical (unpaired) electrons. The van der Waals surface area contributed by atoms with Crippen LogP contribution in [-0.2, 0) is 6.54 Å². The Kier molecular flexibility index (Phi) is 3.53. The highest BCUT2D eigenvalue weighted by Gasteiger charge is 2.12. The van der Waals surface area contributed by atoms with Crippen LogP contribution in [0.25, 0.3) is 10.8 Å². The summed E-state index contributed by atoms with van der Waals surface area (Å²) in [6.45, 7) is 2.58. The highest BCUT2D eigenvalue weighted by molar-refractivity contribution is 7.11. The Hall–Kier alpha value is -2.47. The summed E-state index contributed by atoms with van der Waals surface area (Å²) in [4.78, 5) is 20.9. The van der Waals surface area contributed by atoms with Crippen molar-refractivity contribution in [3.63, 3.8) is 0 Å². The van der Waals surface area contributed by atoms with Crippen molar-refractivity contribution >= 4 is 33.9 Å². The Morgan fingerprint density at radius 1 is 1.24 bits per heavy atom. The van der Waals surface area contributed by atoms with Gasteiger partial charge in [0.1, 0.15) is 10.8 Å². The summed E-state index contributed by atoms with van der Waals surface area (Å²) in [5.74, 6) is -0.302. The van der Waals surface area contributed by atoms with E-state index in [0.29, 0.717) is 17.7 Å². The first-order valence-electron chi connectivity index (χ1n) is 6.41. The molecule has 0 amide bonds. The molecule has 0 atom stereocenters. The summed E-state index contributed by atoms with van der Waals surface area (Å²) in [5, 5.41) is 14.9. The molecule has 3 rings (SSSR count). The zero-order chi connectivity index (χ0) is 14.8. The van der Waals surface area contributed by atoms with Gasteiger partial charge in [-0.25, -0.2) is 14.8 Å². The van der Waals surface area contributed by atoms with Gasteiger partial charge in [-0.05, 0) is 6.92 Å². The lowest BCUT2D eigenvalue weighted by Crippen LogP contribution is -2.05. The first-order valence-corrected chi connectivity index (χ1v) is 7.23. The third kappa shape index (κ3) is 2.71. The summed E-state index contributed by atoms with van der Waals surface area (Å²) in [6, 6.07) is 7.35. The standard InChI is InChI=1S/C15H13N3O2S/c1-9-6-16-13(21-9)8-18-14-11-5-3-2-4-10(11)12(7-17-14)15(19)20/h2-7H,8H2,1H3,(H,17,18)(H,19,20). The van der Waals surface area contributed by atoms with E-state index in [-0.39, 0.29) is 5.56 Å². The molecule has 0 aliphatic rings. The van der Waals surface area contributed by atoms with Crippen LogP contribution < -0.4 is 5.32 Å². The Labute approximate surface area is 125 Å². The van der Waals surface area contributed by atoms with E-state index in [0.717, 1.165) is 15.3 Å². The average molecular weight is 299 g/mol. The predicted octanol–water partition coefficient (Wildman–Crippen LogP) is 3.31. The molecule has 0 bridgehead atoms. The third-order valence-electron chi connectivity index (χ3n) is 3.10. The lowest BCUT2D eigenvalue weighted by molar-refractivity contribution is 0.0698. The summed E-state index contributed by atoms with van der Waals surface area (Å²) in [5.41, 5.74) is 0.209. The number of fused-ring (bicyclic) bond motifs is 1. The molecule has 0 fully saturated rings. The number of nitrogens with zero attached hydrogens (tertiary/aromatic N) is 2. The van der Waals surface area contributed by atoms with Gasteiger partial charge < -0.3 is 10.4 Å². The smallest absolute Gasteiger partial charge is 0.337 e. The molecule has 0 unspecified atom stereocenters. The van der Waals surface area contributed by atoms with Gasteiger partial charge in [0.05, 0.1) is 12.1 Å². The van der Waals surface area contributed by atoms with Crippen LogP contribution in [0.5, 0.6) is 0 Å². The van der Waals surface area contributed by atoms with Gasteiger partial charge in [-0.15, -0.1) is 11.3 Å². The number of thiazole rings is 1. The van der Waals surface area contributed by atoms with Gasteiger partial charge >= 0.3 is 5.97 Å². The van der Waals surface area contributed by atoms with Crippen LogP contribution >= 0.6 is 11.3 Å². The number of pyridine rings is 1. The molecule has 2 N–H and O–H groups in total. The highest BCUT2D eigenvalue weighted by atomic mass is 32.1. The molecule has 0 aliphatic carbocycles. The van der Waals surface area contributed by atoms with Crippen LogP contribution in [0.2, 0.25) is 0 Å². The van der Waals surface area contributed by atoms with E-state index < -0.39 is 5.97 Å². The van der Waals surface area contributed by atoms with Crippen LogP contribution in [0.4, 0.5) is 5.82 Å². The molecule has 2 heterocycles. The minimum Gasteiger partial charge on any atom is -0.478 e. The largest absolute Gasteiger partial charge is 0.478 e. The normalized spacial score (nSPS) is 10.7. The van der Waals surface area contributed by atoms with E-state index >= 15 is 0 Å². The lowest BCUT2D eigenvalue weighted by atomic mass is 10.1. The van der Waals surface area contributed by atoms with Gasteiger partial charge in [0.25, 0.3) is 0 Å².